The summed E-state index contributed by atoms with van der Waals surface area (Å²) in [5.74, 6) is 0. The van der Waals surface area contributed by atoms with E-state index >= 15 is 0 Å². The Kier molecular flexibility index (Phi) is 8.52. The number of ether oxygens (including phenoxy) is 2. The van der Waals surface area contributed by atoms with Gasteiger partial charge in [0.25, 0.3) is 0 Å². The van der Waals surface area contributed by atoms with Gasteiger partial charge < -0.3 is 9.47 Å². The van der Waals surface area contributed by atoms with Gasteiger partial charge in [-0.2, -0.15) is 0 Å². The van der Waals surface area contributed by atoms with Crippen LogP contribution in [0.25, 0.3) is 0 Å². The Hall–Kier alpha value is -0.240. The molecule has 0 aromatic rings. The highest BCUT2D eigenvalue weighted by Crippen LogP contribution is 2.00. The van der Waals surface area contributed by atoms with Crippen LogP contribution in [0.15, 0.2) is 0 Å². The van der Waals surface area contributed by atoms with Crippen LogP contribution in [-0.4, -0.2) is 107 Å². The Morgan fingerprint density at radius 3 is 1.79 bits per heavy atom. The largest absolute Gasteiger partial charge is 0.383 e. The van der Waals surface area contributed by atoms with Crippen molar-refractivity contribution in [2.75, 3.05) is 87.7 Å². The normalized spacial score (nSPS) is 22.7. The number of rotatable bonds is 5. The molecule has 19 heavy (non-hydrogen) atoms. The molecule has 2 heterocycles. The van der Waals surface area contributed by atoms with Gasteiger partial charge in [-0.1, -0.05) is 0 Å². The Morgan fingerprint density at radius 1 is 0.789 bits per heavy atom. The Morgan fingerprint density at radius 2 is 1.37 bits per heavy atom. The summed E-state index contributed by atoms with van der Waals surface area (Å²) in [6.45, 7) is 9.55. The molecule has 2 rings (SSSR count). The lowest BCUT2D eigenvalue weighted by molar-refractivity contribution is 0.0707. The van der Waals surface area contributed by atoms with Crippen LogP contribution in [0.1, 0.15) is 0 Å². The summed E-state index contributed by atoms with van der Waals surface area (Å²) in [6, 6.07) is 0. The van der Waals surface area contributed by atoms with Crippen molar-refractivity contribution in [2.45, 2.75) is 0 Å². The molecule has 0 N–H and O–H groups in total. The van der Waals surface area contributed by atoms with Crippen molar-refractivity contribution in [2.24, 2.45) is 0 Å². The van der Waals surface area contributed by atoms with Gasteiger partial charge in [0.1, 0.15) is 0 Å². The highest BCUT2D eigenvalue weighted by Gasteiger charge is 2.15. The molecule has 0 aromatic heterocycles. The second kappa shape index (κ2) is 9.63. The van der Waals surface area contributed by atoms with E-state index in [0.29, 0.717) is 0 Å². The molecule has 0 unspecified atom stereocenters. The van der Waals surface area contributed by atoms with Crippen molar-refractivity contribution < 1.29 is 9.47 Å². The van der Waals surface area contributed by atoms with Crippen LogP contribution < -0.4 is 0 Å². The summed E-state index contributed by atoms with van der Waals surface area (Å²) < 4.78 is 9.95. The van der Waals surface area contributed by atoms with Gasteiger partial charge in [-0.25, -0.2) is 0 Å². The summed E-state index contributed by atoms with van der Waals surface area (Å²) in [7, 11) is 7.75. The maximum absolute atomic E-state index is 4.98. The first-order chi connectivity index (χ1) is 9.15. The smallest absolute Gasteiger partial charge is 0.0997 e. The minimum atomic E-state index is 0.768. The number of likely N-dealkylation sites (N-methyl/N-ethyl adjacent to an activating group) is 2. The molecule has 6 heteroatoms. The molecule has 2 fully saturated rings. The lowest BCUT2D eigenvalue weighted by Gasteiger charge is -2.13. The van der Waals surface area contributed by atoms with Crippen molar-refractivity contribution in [1.82, 2.24) is 19.6 Å². The summed E-state index contributed by atoms with van der Waals surface area (Å²) in [5, 5.41) is 0. The summed E-state index contributed by atoms with van der Waals surface area (Å²) >= 11 is 0. The van der Waals surface area contributed by atoms with Crippen LogP contribution in [0.2, 0.25) is 0 Å². The Bertz CT molecular complexity index is 229. The standard InChI is InChI=1S/C7H16N2O.C6H14N2O/c1-8-3-4-9(7-8)5-6-10-2;1-7-3-4-8(5-7)6-9-2/h3-7H2,1-2H3;3-6H2,1-2H3. The molecule has 2 saturated heterocycles. The SMILES string of the molecule is COCCN1CCN(C)C1.COCN1CCN(C)C1. The Labute approximate surface area is 117 Å². The third-order valence-corrected chi connectivity index (χ3v) is 3.40. The van der Waals surface area contributed by atoms with Gasteiger partial charge in [-0.05, 0) is 14.1 Å². The predicted molar refractivity (Wildman–Crippen MR) is 77.0 cm³/mol. The third-order valence-electron chi connectivity index (χ3n) is 3.40. The minimum Gasteiger partial charge on any atom is -0.383 e. The van der Waals surface area contributed by atoms with E-state index in [9.17, 15) is 0 Å². The maximum Gasteiger partial charge on any atom is 0.0997 e. The molecular formula is C13H30N4O2. The molecule has 0 bridgehead atoms. The topological polar surface area (TPSA) is 31.4 Å². The molecular weight excluding hydrogens is 244 g/mol. The van der Waals surface area contributed by atoms with E-state index in [0.717, 1.165) is 39.8 Å². The molecule has 0 aliphatic carbocycles. The van der Waals surface area contributed by atoms with Gasteiger partial charge in [-0.15, -0.1) is 0 Å². The van der Waals surface area contributed by atoms with E-state index in [-0.39, 0.29) is 0 Å². The first-order valence-corrected chi connectivity index (χ1v) is 6.95. The van der Waals surface area contributed by atoms with Gasteiger partial charge in [-0.3, -0.25) is 19.6 Å². The number of nitrogens with zero attached hydrogens (tertiary/aromatic N) is 4. The monoisotopic (exact) mass is 274 g/mol. The number of hydrogen-bond acceptors (Lipinski definition) is 6. The molecule has 2 aliphatic heterocycles. The fourth-order valence-corrected chi connectivity index (χ4v) is 2.28. The zero-order valence-corrected chi connectivity index (χ0v) is 13.0. The van der Waals surface area contributed by atoms with Gasteiger partial charge >= 0.3 is 0 Å². The van der Waals surface area contributed by atoms with Crippen LogP contribution in [0.4, 0.5) is 0 Å². The molecule has 0 radical (unpaired) electrons. The molecule has 0 saturated carbocycles. The van der Waals surface area contributed by atoms with E-state index in [1.165, 1.54) is 19.6 Å². The molecule has 0 spiro atoms. The fraction of sp³-hybridized carbons (Fsp3) is 1.00. The fourth-order valence-electron chi connectivity index (χ4n) is 2.28. The minimum absolute atomic E-state index is 0.768. The van der Waals surface area contributed by atoms with Crippen molar-refractivity contribution in [1.29, 1.82) is 0 Å². The van der Waals surface area contributed by atoms with Crippen LogP contribution in [0.3, 0.4) is 0 Å². The lowest BCUT2D eigenvalue weighted by atomic mass is 10.5. The van der Waals surface area contributed by atoms with E-state index in [1.807, 2.05) is 0 Å². The first kappa shape index (κ1) is 16.8. The first-order valence-electron chi connectivity index (χ1n) is 6.95. The summed E-state index contributed by atoms with van der Waals surface area (Å²) in [6.07, 6.45) is 0. The van der Waals surface area contributed by atoms with Crippen LogP contribution >= 0.6 is 0 Å². The van der Waals surface area contributed by atoms with Crippen molar-refractivity contribution in [3.8, 4) is 0 Å². The highest BCUT2D eigenvalue weighted by molar-refractivity contribution is 4.67. The molecule has 6 nitrogen and oxygen atoms in total. The third kappa shape index (κ3) is 7.20. The van der Waals surface area contributed by atoms with Gasteiger partial charge in [0.2, 0.25) is 0 Å². The number of hydrogen-bond donors (Lipinski definition) is 0. The van der Waals surface area contributed by atoms with E-state index in [1.54, 1.807) is 14.2 Å². The molecule has 114 valence electrons. The average Bonchev–Trinajstić information content (AvgIpc) is 2.97. The number of methoxy groups -OCH3 is 2. The molecule has 0 amide bonds. The summed E-state index contributed by atoms with van der Waals surface area (Å²) in [4.78, 5) is 9.25. The zero-order valence-electron chi connectivity index (χ0n) is 13.0. The second-order valence-corrected chi connectivity index (χ2v) is 5.37. The molecule has 0 atom stereocenters. The lowest BCUT2D eigenvalue weighted by Crippen LogP contribution is -2.26. The van der Waals surface area contributed by atoms with Gasteiger partial charge in [0.05, 0.1) is 26.7 Å². The van der Waals surface area contributed by atoms with Crippen LogP contribution in [-0.2, 0) is 9.47 Å². The van der Waals surface area contributed by atoms with Gasteiger partial charge in [0.15, 0.2) is 0 Å². The van der Waals surface area contributed by atoms with E-state index in [2.05, 4.69) is 33.7 Å². The van der Waals surface area contributed by atoms with E-state index < -0.39 is 0 Å². The van der Waals surface area contributed by atoms with Crippen LogP contribution in [0, 0.1) is 0 Å². The Balaban J connectivity index is 0.000000191. The van der Waals surface area contributed by atoms with E-state index in [4.69, 9.17) is 9.47 Å². The molecule has 2 aliphatic rings. The zero-order chi connectivity index (χ0) is 14.1. The average molecular weight is 274 g/mol. The van der Waals surface area contributed by atoms with Crippen LogP contribution in [0.5, 0.6) is 0 Å². The van der Waals surface area contributed by atoms with Gasteiger partial charge in [0, 0.05) is 46.9 Å². The quantitative estimate of drug-likeness (QED) is 0.680. The summed E-state index contributed by atoms with van der Waals surface area (Å²) in [5.41, 5.74) is 0. The second-order valence-electron chi connectivity index (χ2n) is 5.37. The van der Waals surface area contributed by atoms with Crippen molar-refractivity contribution in [3.63, 3.8) is 0 Å². The van der Waals surface area contributed by atoms with Crippen molar-refractivity contribution >= 4 is 0 Å². The van der Waals surface area contributed by atoms with Crippen molar-refractivity contribution in [3.05, 3.63) is 0 Å². The molecule has 0 aromatic carbocycles. The highest BCUT2D eigenvalue weighted by atomic mass is 16.5. The maximum atomic E-state index is 4.98. The predicted octanol–water partition coefficient (Wildman–Crippen LogP) is -0.367.